The number of allylic oxidation sites excluding steroid dienone is 2. The SMILES string of the molecule is C=CC1CC(C=C)C(COc2cc(-c3nnc(-c4ccc(-c5nnc(-c6ccc(C(C)(C)C)cc6)o5)cc4)o3)ccc2C(C)(C)C)C1. The Labute approximate surface area is 277 Å². The molecule has 7 nitrogen and oxygen atoms in total. The van der Waals surface area contributed by atoms with E-state index in [0.717, 1.165) is 46.4 Å². The highest BCUT2D eigenvalue weighted by Crippen LogP contribution is 2.40. The summed E-state index contributed by atoms with van der Waals surface area (Å²) in [4.78, 5) is 0. The number of nitrogens with zero attached hydrogens (tertiary/aromatic N) is 4. The monoisotopic (exact) mass is 628 g/mol. The summed E-state index contributed by atoms with van der Waals surface area (Å²) in [6.07, 6.45) is 6.28. The smallest absolute Gasteiger partial charge is 0.248 e. The molecular weight excluding hydrogens is 584 g/mol. The topological polar surface area (TPSA) is 87.1 Å². The summed E-state index contributed by atoms with van der Waals surface area (Å²) in [5.74, 6) is 3.97. The molecule has 0 saturated heterocycles. The van der Waals surface area contributed by atoms with Crippen LogP contribution < -0.4 is 4.74 Å². The Morgan fingerprint density at radius 3 is 1.62 bits per heavy atom. The van der Waals surface area contributed by atoms with E-state index in [4.69, 9.17) is 13.6 Å². The fourth-order valence-corrected chi connectivity index (χ4v) is 6.25. The molecule has 3 aromatic carbocycles. The molecule has 1 fully saturated rings. The molecule has 3 atom stereocenters. The van der Waals surface area contributed by atoms with Crippen LogP contribution in [0.5, 0.6) is 5.75 Å². The highest BCUT2D eigenvalue weighted by atomic mass is 16.5. The van der Waals surface area contributed by atoms with Crippen LogP contribution in [0.25, 0.3) is 45.8 Å². The molecule has 1 saturated carbocycles. The average molecular weight is 629 g/mol. The molecule has 0 radical (unpaired) electrons. The fraction of sp³-hybridized carbons (Fsp3) is 0.350. The van der Waals surface area contributed by atoms with E-state index in [0.29, 0.717) is 47.9 Å². The Morgan fingerprint density at radius 2 is 1.15 bits per heavy atom. The first-order valence-electron chi connectivity index (χ1n) is 16.3. The van der Waals surface area contributed by atoms with Gasteiger partial charge in [-0.15, -0.1) is 33.6 Å². The van der Waals surface area contributed by atoms with Gasteiger partial charge in [-0.1, -0.05) is 71.9 Å². The van der Waals surface area contributed by atoms with Crippen LogP contribution in [0, 0.1) is 17.8 Å². The largest absolute Gasteiger partial charge is 0.493 e. The van der Waals surface area contributed by atoms with Crippen LogP contribution in [0.15, 0.2) is 101 Å². The standard InChI is InChI=1S/C40H44N4O3/c1-9-25-21-26(10-2)31(22-25)24-45-34-23-30(17-20-33(34)40(6,7)8)38-44-43-36(47-38)28-13-11-27(12-14-28)35-41-42-37(46-35)29-15-18-32(19-16-29)39(3,4)5/h9-20,23,25-26,31H,1-2,21-22,24H2,3-8H3. The van der Waals surface area contributed by atoms with E-state index in [1.54, 1.807) is 0 Å². The summed E-state index contributed by atoms with van der Waals surface area (Å²) in [7, 11) is 0. The predicted octanol–water partition coefficient (Wildman–Crippen LogP) is 10.1. The minimum absolute atomic E-state index is 0.0777. The first kappa shape index (κ1) is 32.2. The van der Waals surface area contributed by atoms with E-state index >= 15 is 0 Å². The zero-order valence-corrected chi connectivity index (χ0v) is 28.3. The van der Waals surface area contributed by atoms with Gasteiger partial charge in [0.2, 0.25) is 23.6 Å². The van der Waals surface area contributed by atoms with Gasteiger partial charge in [0.15, 0.2) is 0 Å². The molecule has 7 heteroatoms. The number of aromatic nitrogens is 4. The molecule has 0 bridgehead atoms. The number of benzene rings is 3. The summed E-state index contributed by atoms with van der Waals surface area (Å²) in [6, 6.07) is 22.1. The summed E-state index contributed by atoms with van der Waals surface area (Å²) in [5, 5.41) is 17.3. The van der Waals surface area contributed by atoms with Crippen molar-refractivity contribution in [2.75, 3.05) is 6.61 Å². The lowest BCUT2D eigenvalue weighted by Gasteiger charge is -2.25. The van der Waals surface area contributed by atoms with E-state index in [-0.39, 0.29) is 10.8 Å². The predicted molar refractivity (Wildman–Crippen MR) is 187 cm³/mol. The summed E-state index contributed by atoms with van der Waals surface area (Å²) >= 11 is 0. The van der Waals surface area contributed by atoms with E-state index in [2.05, 4.69) is 105 Å². The Morgan fingerprint density at radius 1 is 0.660 bits per heavy atom. The molecule has 3 unspecified atom stereocenters. The van der Waals surface area contributed by atoms with Crippen LogP contribution in [0.4, 0.5) is 0 Å². The van der Waals surface area contributed by atoms with Crippen molar-refractivity contribution in [3.05, 3.63) is 103 Å². The second-order valence-corrected chi connectivity index (χ2v) is 14.6. The van der Waals surface area contributed by atoms with Gasteiger partial charge in [0.05, 0.1) is 6.61 Å². The molecule has 0 spiro atoms. The lowest BCUT2D eigenvalue weighted by atomic mass is 9.85. The maximum atomic E-state index is 6.54. The molecule has 1 aliphatic carbocycles. The third-order valence-corrected chi connectivity index (χ3v) is 9.14. The van der Waals surface area contributed by atoms with Crippen molar-refractivity contribution in [1.82, 2.24) is 20.4 Å². The van der Waals surface area contributed by atoms with Crippen molar-refractivity contribution in [1.29, 1.82) is 0 Å². The molecular formula is C40H44N4O3. The van der Waals surface area contributed by atoms with Crippen LogP contribution in [0.2, 0.25) is 0 Å². The van der Waals surface area contributed by atoms with Gasteiger partial charge in [-0.25, -0.2) is 0 Å². The molecule has 242 valence electrons. The Hall–Kier alpha value is -4.78. The van der Waals surface area contributed by atoms with Crippen molar-refractivity contribution < 1.29 is 13.6 Å². The molecule has 2 aromatic heterocycles. The second-order valence-electron chi connectivity index (χ2n) is 14.6. The highest BCUT2D eigenvalue weighted by Gasteiger charge is 2.32. The normalized spacial score (nSPS) is 18.3. The molecule has 2 heterocycles. The molecule has 47 heavy (non-hydrogen) atoms. The lowest BCUT2D eigenvalue weighted by Crippen LogP contribution is -2.18. The second kappa shape index (κ2) is 12.8. The van der Waals surface area contributed by atoms with Gasteiger partial charge in [0.25, 0.3) is 0 Å². The minimum atomic E-state index is -0.0944. The van der Waals surface area contributed by atoms with Gasteiger partial charge in [-0.3, -0.25) is 0 Å². The number of ether oxygens (including phenoxy) is 1. The van der Waals surface area contributed by atoms with E-state index in [1.165, 1.54) is 5.56 Å². The molecule has 1 aliphatic rings. The Balaban J connectivity index is 1.18. The molecule has 0 amide bonds. The molecule has 5 aromatic rings. The van der Waals surface area contributed by atoms with Crippen molar-refractivity contribution in [3.63, 3.8) is 0 Å². The maximum Gasteiger partial charge on any atom is 0.248 e. The molecule has 6 rings (SSSR count). The molecule has 0 N–H and O–H groups in total. The van der Waals surface area contributed by atoms with E-state index in [1.807, 2.05) is 48.5 Å². The number of hydrogen-bond acceptors (Lipinski definition) is 7. The van der Waals surface area contributed by atoms with Crippen molar-refractivity contribution in [3.8, 4) is 51.6 Å². The Bertz CT molecular complexity index is 1850. The Kier molecular flexibility index (Phi) is 8.75. The minimum Gasteiger partial charge on any atom is -0.493 e. The van der Waals surface area contributed by atoms with Gasteiger partial charge in [0.1, 0.15) is 5.75 Å². The zero-order chi connectivity index (χ0) is 33.3. The van der Waals surface area contributed by atoms with Gasteiger partial charge >= 0.3 is 0 Å². The van der Waals surface area contributed by atoms with Gasteiger partial charge < -0.3 is 13.6 Å². The van der Waals surface area contributed by atoms with Gasteiger partial charge in [-0.2, -0.15) is 0 Å². The van der Waals surface area contributed by atoms with Crippen molar-refractivity contribution in [2.45, 2.75) is 65.2 Å². The van der Waals surface area contributed by atoms with Crippen molar-refractivity contribution in [2.24, 2.45) is 17.8 Å². The first-order valence-corrected chi connectivity index (χ1v) is 16.3. The quantitative estimate of drug-likeness (QED) is 0.150. The summed E-state index contributed by atoms with van der Waals surface area (Å²) < 4.78 is 18.7. The highest BCUT2D eigenvalue weighted by molar-refractivity contribution is 5.65. The number of rotatable bonds is 9. The van der Waals surface area contributed by atoms with E-state index < -0.39 is 0 Å². The summed E-state index contributed by atoms with van der Waals surface area (Å²) in [5.41, 5.74) is 5.66. The maximum absolute atomic E-state index is 6.54. The van der Waals surface area contributed by atoms with Gasteiger partial charge in [-0.05, 0) is 101 Å². The number of hydrogen-bond donors (Lipinski definition) is 0. The third-order valence-electron chi connectivity index (χ3n) is 9.14. The van der Waals surface area contributed by atoms with Crippen LogP contribution in [0.3, 0.4) is 0 Å². The van der Waals surface area contributed by atoms with Gasteiger partial charge in [0, 0.05) is 22.3 Å². The van der Waals surface area contributed by atoms with E-state index in [9.17, 15) is 0 Å². The van der Waals surface area contributed by atoms with Crippen LogP contribution in [-0.2, 0) is 10.8 Å². The lowest BCUT2D eigenvalue weighted by molar-refractivity contribution is 0.226. The molecule has 0 aliphatic heterocycles. The van der Waals surface area contributed by atoms with Crippen molar-refractivity contribution >= 4 is 0 Å². The van der Waals surface area contributed by atoms with Crippen LogP contribution >= 0.6 is 0 Å². The summed E-state index contributed by atoms with van der Waals surface area (Å²) in [6.45, 7) is 21.9. The first-order chi connectivity index (χ1) is 22.4. The van der Waals surface area contributed by atoms with Crippen LogP contribution in [0.1, 0.15) is 65.5 Å². The fourth-order valence-electron chi connectivity index (χ4n) is 6.25. The average Bonchev–Trinajstić information content (AvgIpc) is 3.83. The third kappa shape index (κ3) is 6.99. The van der Waals surface area contributed by atoms with Crippen LogP contribution in [-0.4, -0.2) is 27.0 Å². The zero-order valence-electron chi connectivity index (χ0n) is 28.3.